The molecule has 0 atom stereocenters. The molecule has 0 fully saturated rings. The third-order valence-corrected chi connectivity index (χ3v) is 21.2. The molecule has 5 aromatic carbocycles. The van der Waals surface area contributed by atoms with Crippen molar-refractivity contribution in [2.45, 2.75) is 207 Å². The van der Waals surface area contributed by atoms with Crippen LogP contribution in [-0.4, -0.2) is 139 Å². The van der Waals surface area contributed by atoms with Gasteiger partial charge in [-0.2, -0.15) is 0 Å². The Balaban J connectivity index is 0. The molecule has 0 saturated heterocycles. The second-order valence-electron chi connectivity index (χ2n) is 29.1. The summed E-state index contributed by atoms with van der Waals surface area (Å²) in [4.78, 5) is 34.3. The summed E-state index contributed by atoms with van der Waals surface area (Å²) in [5.74, 6) is -0.973. The van der Waals surface area contributed by atoms with Crippen LogP contribution in [0.3, 0.4) is 0 Å². The number of ether oxygens (including phenoxy) is 10. The van der Waals surface area contributed by atoms with Crippen LogP contribution in [0.25, 0.3) is 67.3 Å². The number of aryl methyl sites for hydroxylation is 6. The van der Waals surface area contributed by atoms with Crippen molar-refractivity contribution in [1.29, 1.82) is 0 Å². The summed E-state index contributed by atoms with van der Waals surface area (Å²) in [6.45, 7) is 36.2. The zero-order valence-corrected chi connectivity index (χ0v) is 93.0. The number of benzene rings is 5. The second kappa shape index (κ2) is 61.1. The number of pyridine rings is 5. The van der Waals surface area contributed by atoms with Crippen molar-refractivity contribution in [1.82, 2.24) is 29.5 Å². The van der Waals surface area contributed by atoms with E-state index in [1.165, 1.54) is 108 Å². The van der Waals surface area contributed by atoms with Gasteiger partial charge < -0.3 is 70.7 Å². The minimum atomic E-state index is -4.84. The SMILES string of the molecule is C.C=CCN(c1cc(C)c(-c2ccc(OC(F)(F)F)cc2OC)nc1Cl)C(CC)CC.CC.CC.CCC(CC)Nc1cc(C)c(-c2ccc(OC(F)(F)F)cc2OC)nc1Cl.CCC(CC)n1cc(C)c2nc(-c3ccc(OC(F)(F)F)cc3OC)c(C)cc21.COc1cc(OC(F)(F)F)ccc1-c1nc(Cl)c(N)cc1C.COc1cc(OC(F)(F)F)ccc1-c1nc(Cl)c([N+](=O)[O-])cc1C.[Cl][Sn][Cl].[H-].[H-].[Na+].[Na+]. The fourth-order valence-electron chi connectivity index (χ4n) is 13.9. The molecule has 0 bridgehead atoms. The van der Waals surface area contributed by atoms with Crippen LogP contribution in [0.5, 0.6) is 57.5 Å². The molecule has 0 unspecified atom stereocenters. The molecule has 772 valence electrons. The van der Waals surface area contributed by atoms with Gasteiger partial charge in [0.2, 0.25) is 5.15 Å². The maximum absolute atomic E-state index is 12.5. The molecule has 0 amide bonds. The number of nitrogen functional groups attached to an aromatic ring is 1. The second-order valence-corrected chi connectivity index (χ2v) is 34.8. The monoisotopic (exact) mass is 2260 g/mol. The first-order chi connectivity index (χ1) is 65.2. The molecule has 0 spiro atoms. The topological polar surface area (TPSA) is 246 Å². The van der Waals surface area contributed by atoms with Crippen LogP contribution in [0.2, 0.25) is 20.6 Å². The fourth-order valence-corrected chi connectivity index (χ4v) is 14.7. The Morgan fingerprint density at radius 3 is 1.05 bits per heavy atom. The van der Waals surface area contributed by atoms with Gasteiger partial charge in [0.1, 0.15) is 57.5 Å². The van der Waals surface area contributed by atoms with Crippen molar-refractivity contribution in [2.24, 2.45) is 0 Å². The van der Waals surface area contributed by atoms with Gasteiger partial charge in [-0.3, -0.25) is 10.1 Å². The van der Waals surface area contributed by atoms with Gasteiger partial charge in [-0.1, -0.05) is 129 Å². The zero-order valence-electron chi connectivity index (χ0n) is 83.6. The molecule has 11 aromatic rings. The predicted molar refractivity (Wildman–Crippen MR) is 528 cm³/mol. The van der Waals surface area contributed by atoms with Gasteiger partial charge in [-0.15, -0.1) is 72.4 Å². The average Bonchev–Trinajstić information content (AvgIpc) is 1.61. The van der Waals surface area contributed by atoms with Crippen LogP contribution in [0.1, 0.15) is 157 Å². The molecule has 0 saturated carbocycles. The number of nitro groups is 1. The summed E-state index contributed by atoms with van der Waals surface area (Å²) >= 11 is 23.8. The molecule has 6 heterocycles. The molecule has 6 aromatic heterocycles. The van der Waals surface area contributed by atoms with E-state index in [2.05, 4.69) is 119 Å². The van der Waals surface area contributed by atoms with Gasteiger partial charge in [0.25, 0.3) is 0 Å². The average molecular weight is 2260 g/mol. The molecule has 2 radical (unpaired) electrons. The number of alkyl halides is 15. The van der Waals surface area contributed by atoms with E-state index < -0.39 is 61.4 Å². The normalized spacial score (nSPS) is 11.0. The van der Waals surface area contributed by atoms with E-state index in [9.17, 15) is 76.0 Å². The van der Waals surface area contributed by atoms with Gasteiger partial charge in [0, 0.05) is 95.1 Å². The summed E-state index contributed by atoms with van der Waals surface area (Å²) in [5.41, 5.74) is 18.8. The molecule has 142 heavy (non-hydrogen) atoms. The number of anilines is 3. The van der Waals surface area contributed by atoms with Gasteiger partial charge >= 0.3 is 133 Å². The number of nitrogens with one attached hydrogen (secondary N) is 1. The van der Waals surface area contributed by atoms with E-state index in [1.807, 2.05) is 73.6 Å². The van der Waals surface area contributed by atoms with Gasteiger partial charge in [-0.25, -0.2) is 24.9 Å². The van der Waals surface area contributed by atoms with Crippen LogP contribution < -0.4 is 122 Å². The number of halogens is 21. The van der Waals surface area contributed by atoms with Crippen molar-refractivity contribution < 1.29 is 180 Å². The summed E-state index contributed by atoms with van der Waals surface area (Å²) in [7, 11) is 16.6. The molecule has 11 rings (SSSR count). The summed E-state index contributed by atoms with van der Waals surface area (Å²) < 4.78 is 234. The predicted octanol–water partition coefficient (Wildman–Crippen LogP) is 26.3. The van der Waals surface area contributed by atoms with Crippen molar-refractivity contribution in [3.8, 4) is 114 Å². The number of hydrogen-bond acceptors (Lipinski definition) is 20. The summed E-state index contributed by atoms with van der Waals surface area (Å²) in [6.07, 6.45) is -14.2. The first-order valence-corrected chi connectivity index (χ1v) is 51.4. The van der Waals surface area contributed by atoms with Gasteiger partial charge in [0.15, 0.2) is 15.5 Å². The smallest absolute Gasteiger partial charge is 1.00 e. The Morgan fingerprint density at radius 1 is 0.451 bits per heavy atom. The third-order valence-electron chi connectivity index (χ3n) is 20.0. The van der Waals surface area contributed by atoms with Crippen LogP contribution in [0.4, 0.5) is 88.6 Å². The summed E-state index contributed by atoms with van der Waals surface area (Å²) in [5, 5.41) is 14.6. The minimum Gasteiger partial charge on any atom is -1.00 e. The number of fused-ring (bicyclic) bond motifs is 1. The number of nitrogens with two attached hydrogens (primary N) is 1. The van der Waals surface area contributed by atoms with Crippen molar-refractivity contribution in [2.75, 3.05) is 58.0 Å². The van der Waals surface area contributed by atoms with E-state index in [0.717, 1.165) is 101 Å². The molecular weight excluding hydrogens is 2150 g/mol. The van der Waals surface area contributed by atoms with E-state index in [4.69, 9.17) is 98.6 Å². The third kappa shape index (κ3) is 39.3. The maximum atomic E-state index is 12.5. The Morgan fingerprint density at radius 2 is 0.746 bits per heavy atom. The van der Waals surface area contributed by atoms with Gasteiger partial charge in [-0.05, 0) is 198 Å². The van der Waals surface area contributed by atoms with Crippen LogP contribution in [0, 0.1) is 51.7 Å². The molecule has 0 aliphatic rings. The Hall–Kier alpha value is -8.58. The number of methoxy groups -OCH3 is 5. The van der Waals surface area contributed by atoms with Crippen molar-refractivity contribution >= 4 is 117 Å². The molecule has 3 N–H and O–H groups in total. The number of nitrogens with zero attached hydrogens (tertiary/aromatic N) is 8. The minimum absolute atomic E-state index is 0. The molecule has 22 nitrogen and oxygen atoms in total. The number of rotatable bonds is 29. The van der Waals surface area contributed by atoms with Crippen molar-refractivity contribution in [3.05, 3.63) is 204 Å². The Bertz CT molecular complexity index is 5890. The van der Waals surface area contributed by atoms with E-state index in [1.54, 1.807) is 26.0 Å². The quantitative estimate of drug-likeness (QED) is 0.0110. The Labute approximate surface area is 901 Å². The molecule has 0 aliphatic heterocycles. The largest absolute Gasteiger partial charge is 1.00 e. The summed E-state index contributed by atoms with van der Waals surface area (Å²) in [6, 6.07) is 28.7. The van der Waals surface area contributed by atoms with E-state index in [0.29, 0.717) is 90.3 Å². The molecule has 0 aliphatic carbocycles. The maximum Gasteiger partial charge on any atom is 1.00 e. The fraction of sp³-hybridized carbons (Fsp3) is 0.385. The molecular formula is C96H113Cl6F15N10Na2O12Sn. The number of aromatic nitrogens is 6. The van der Waals surface area contributed by atoms with E-state index >= 15 is 0 Å². The Kier molecular flexibility index (Phi) is 56.6. The molecule has 46 heteroatoms. The zero-order chi connectivity index (χ0) is 105. The van der Waals surface area contributed by atoms with Crippen LogP contribution >= 0.6 is 64.2 Å². The first-order valence-electron chi connectivity index (χ1n) is 42.6. The van der Waals surface area contributed by atoms with Crippen LogP contribution in [-0.2, 0) is 0 Å². The first kappa shape index (κ1) is 131. The van der Waals surface area contributed by atoms with Crippen molar-refractivity contribution in [3.63, 3.8) is 0 Å². The number of hydrogen-bond donors (Lipinski definition) is 2. The van der Waals surface area contributed by atoms with Gasteiger partial charge in [0.05, 0.1) is 97.0 Å². The standard InChI is InChI=1S/C22H26ClF3N2O2.C22H25F3N2O2.C19H22ClF3N2O2.C14H10ClF3N2O4.C14H12ClF3N2O2.2C2H6.CH4.2ClH.2Na.Sn.2H/c1-6-11-28(15(7-2)8-3)18-12-14(4)20(27-21(18)23)17-10-9-16(13-19(17)29-5)30-22(24,25)26;1-6-15(7-2)27-12-14(4)21-18(27)10-13(3)20(26-21)17-9-8-16(11-19(17)28-5)29-22(23,24)25;1-5-12(6-2)24-15-9-11(3)17(25-18(15)20)14-8-7-13(10-16(14)26-4)27-19(21,22)23;1-7-5-10(20(21)22)13(15)19-12(7)9-4-3-8(6-11(9)23-2)24-14(16,17)18;1-7-5-10(19)13(15)20-12(7)9-4-3-8(6-11(9)21-2)22-14(16,17)18;2*1-2;;;;;;;;/h6,9-10,12-13,15H,1,7-8,11H2,2-5H3;8-12,15H,6-7H2,1-5H3;7-10,12,24H,5-6H2,1-4H3;3-6H,1-2H3;3-6H,19H2,1-2H3;2*1-2H3;1H4;2*1H;;;;;/q;;;;;;;;;;2*+1;+2;2*-1/p-2. The van der Waals surface area contributed by atoms with Crippen LogP contribution in [0.15, 0.2) is 140 Å². The van der Waals surface area contributed by atoms with E-state index in [-0.39, 0.29) is 155 Å².